The van der Waals surface area contributed by atoms with Crippen LogP contribution < -0.4 is 11.1 Å². The smallest absolute Gasteiger partial charge is 0.271 e. The molecule has 1 aromatic carbocycles. The minimum atomic E-state index is -0.518. The highest BCUT2D eigenvalue weighted by Crippen LogP contribution is 2.24. The van der Waals surface area contributed by atoms with E-state index in [0.717, 1.165) is 18.8 Å². The summed E-state index contributed by atoms with van der Waals surface area (Å²) in [4.78, 5) is 22.2. The van der Waals surface area contributed by atoms with Gasteiger partial charge in [-0.2, -0.15) is 11.8 Å². The van der Waals surface area contributed by atoms with Gasteiger partial charge in [-0.05, 0) is 31.1 Å². The molecule has 25 heavy (non-hydrogen) atoms. The number of nitrogen functional groups attached to an aromatic ring is 1. The molecule has 0 heterocycles. The molecule has 138 valence electrons. The molecule has 0 aromatic heterocycles. The number of non-ortho nitro benzene ring substituents is 1. The summed E-state index contributed by atoms with van der Waals surface area (Å²) >= 11 is 1.52. The number of nitro groups is 1. The molecular formula is C17H25N3O4S. The summed E-state index contributed by atoms with van der Waals surface area (Å²) in [6.45, 7) is 0.733. The zero-order valence-corrected chi connectivity index (χ0v) is 15.1. The van der Waals surface area contributed by atoms with E-state index in [0.29, 0.717) is 11.8 Å². The molecule has 1 aromatic rings. The van der Waals surface area contributed by atoms with Crippen LogP contribution >= 0.6 is 11.8 Å². The van der Waals surface area contributed by atoms with Crippen LogP contribution in [0.3, 0.4) is 0 Å². The highest BCUT2D eigenvalue weighted by molar-refractivity contribution is 7.99. The Kier molecular flexibility index (Phi) is 8.00. The van der Waals surface area contributed by atoms with Gasteiger partial charge in [0.1, 0.15) is 0 Å². The topological polar surface area (TPSA) is 107 Å². The number of hydrogen-bond acceptors (Lipinski definition) is 6. The fourth-order valence-corrected chi connectivity index (χ4v) is 3.48. The zero-order chi connectivity index (χ0) is 18.1. The maximum Gasteiger partial charge on any atom is 0.271 e. The van der Waals surface area contributed by atoms with E-state index in [9.17, 15) is 14.9 Å². The van der Waals surface area contributed by atoms with E-state index in [-0.39, 0.29) is 23.0 Å². The first-order chi connectivity index (χ1) is 12.1. The standard InChI is InChI=1S/C17H25N3O4S/c18-15-8-7-13(20(22)23)11-16(15)19-17(21)12-25-10-4-9-24-14-5-2-1-3-6-14/h7-8,11,14H,1-6,9-10,12,18H2,(H,19,21). The van der Waals surface area contributed by atoms with Gasteiger partial charge in [-0.1, -0.05) is 19.3 Å². The number of amides is 1. The Morgan fingerprint density at radius 3 is 2.84 bits per heavy atom. The molecule has 3 N–H and O–H groups in total. The molecule has 2 rings (SSSR count). The predicted octanol–water partition coefficient (Wildman–Crippen LogP) is 3.59. The number of benzene rings is 1. The number of anilines is 2. The molecule has 0 saturated heterocycles. The lowest BCUT2D eigenvalue weighted by Gasteiger charge is -2.21. The van der Waals surface area contributed by atoms with E-state index < -0.39 is 4.92 Å². The molecule has 0 bridgehead atoms. The van der Waals surface area contributed by atoms with Crippen LogP contribution in [0.5, 0.6) is 0 Å². The number of hydrogen-bond donors (Lipinski definition) is 2. The van der Waals surface area contributed by atoms with Crippen LogP contribution in [-0.2, 0) is 9.53 Å². The summed E-state index contributed by atoms with van der Waals surface area (Å²) in [7, 11) is 0. The number of ether oxygens (including phenoxy) is 1. The summed E-state index contributed by atoms with van der Waals surface area (Å²) in [5.41, 5.74) is 6.23. The average Bonchev–Trinajstić information content (AvgIpc) is 2.60. The zero-order valence-electron chi connectivity index (χ0n) is 14.2. The first kappa shape index (κ1) is 19.5. The molecule has 1 aliphatic carbocycles. The molecule has 0 atom stereocenters. The Balaban J connectivity index is 1.62. The third kappa shape index (κ3) is 6.91. The Labute approximate surface area is 151 Å². The minimum Gasteiger partial charge on any atom is -0.397 e. The maximum atomic E-state index is 11.9. The van der Waals surface area contributed by atoms with Crippen molar-refractivity contribution < 1.29 is 14.5 Å². The average molecular weight is 367 g/mol. The molecule has 1 fully saturated rings. The fraction of sp³-hybridized carbons (Fsp3) is 0.588. The first-order valence-corrected chi connectivity index (χ1v) is 9.75. The van der Waals surface area contributed by atoms with Gasteiger partial charge in [0.05, 0.1) is 28.2 Å². The van der Waals surface area contributed by atoms with E-state index in [1.54, 1.807) is 0 Å². The van der Waals surface area contributed by atoms with Crippen LogP contribution in [-0.4, -0.2) is 35.0 Å². The summed E-state index contributed by atoms with van der Waals surface area (Å²) < 4.78 is 5.84. The van der Waals surface area contributed by atoms with Crippen molar-refractivity contribution in [2.45, 2.75) is 44.6 Å². The Hall–Kier alpha value is -1.80. The van der Waals surface area contributed by atoms with E-state index in [1.807, 2.05) is 0 Å². The van der Waals surface area contributed by atoms with Crippen LogP contribution in [0.25, 0.3) is 0 Å². The van der Waals surface area contributed by atoms with Crippen molar-refractivity contribution in [3.8, 4) is 0 Å². The van der Waals surface area contributed by atoms with E-state index >= 15 is 0 Å². The maximum absolute atomic E-state index is 11.9. The van der Waals surface area contributed by atoms with E-state index in [2.05, 4.69) is 5.32 Å². The summed E-state index contributed by atoms with van der Waals surface area (Å²) in [6, 6.07) is 4.01. The van der Waals surface area contributed by atoms with Crippen molar-refractivity contribution in [1.29, 1.82) is 0 Å². The van der Waals surface area contributed by atoms with Gasteiger partial charge in [0.2, 0.25) is 5.91 Å². The third-order valence-corrected chi connectivity index (χ3v) is 5.14. The molecule has 1 aliphatic rings. The SMILES string of the molecule is Nc1ccc([N+](=O)[O-])cc1NC(=O)CSCCCOC1CCCCC1. The van der Waals surface area contributed by atoms with Crippen LogP contribution in [0.1, 0.15) is 38.5 Å². The Morgan fingerprint density at radius 2 is 2.12 bits per heavy atom. The lowest BCUT2D eigenvalue weighted by atomic mass is 9.98. The van der Waals surface area contributed by atoms with Gasteiger partial charge in [0.25, 0.3) is 5.69 Å². The predicted molar refractivity (Wildman–Crippen MR) is 101 cm³/mol. The summed E-state index contributed by atoms with van der Waals surface area (Å²) in [5, 5.41) is 13.4. The number of nitrogens with zero attached hydrogens (tertiary/aromatic N) is 1. The highest BCUT2D eigenvalue weighted by Gasteiger charge is 2.13. The monoisotopic (exact) mass is 367 g/mol. The molecular weight excluding hydrogens is 342 g/mol. The number of rotatable bonds is 9. The van der Waals surface area contributed by atoms with Crippen LogP contribution in [0.15, 0.2) is 18.2 Å². The molecule has 1 amide bonds. The molecule has 0 spiro atoms. The lowest BCUT2D eigenvalue weighted by molar-refractivity contribution is -0.384. The molecule has 0 aliphatic heterocycles. The van der Waals surface area contributed by atoms with Gasteiger partial charge in [-0.15, -0.1) is 0 Å². The summed E-state index contributed by atoms with van der Waals surface area (Å²) in [6.07, 6.45) is 7.51. The second-order valence-electron chi connectivity index (χ2n) is 6.11. The van der Waals surface area contributed by atoms with Crippen molar-refractivity contribution in [2.24, 2.45) is 0 Å². The van der Waals surface area contributed by atoms with Crippen LogP contribution in [0, 0.1) is 10.1 Å². The Morgan fingerprint density at radius 1 is 1.36 bits per heavy atom. The van der Waals surface area contributed by atoms with Gasteiger partial charge >= 0.3 is 0 Å². The van der Waals surface area contributed by atoms with Crippen LogP contribution in [0.2, 0.25) is 0 Å². The summed E-state index contributed by atoms with van der Waals surface area (Å²) in [5.74, 6) is 0.904. The second-order valence-corrected chi connectivity index (χ2v) is 7.22. The van der Waals surface area contributed by atoms with E-state index in [1.165, 1.54) is 62.1 Å². The van der Waals surface area contributed by atoms with E-state index in [4.69, 9.17) is 10.5 Å². The first-order valence-electron chi connectivity index (χ1n) is 8.59. The minimum absolute atomic E-state index is 0.1000. The number of carbonyl (C=O) groups is 1. The second kappa shape index (κ2) is 10.2. The number of nitrogens with two attached hydrogens (primary N) is 1. The molecule has 1 saturated carbocycles. The van der Waals surface area contributed by atoms with Crippen molar-refractivity contribution in [3.63, 3.8) is 0 Å². The van der Waals surface area contributed by atoms with Gasteiger partial charge < -0.3 is 15.8 Å². The van der Waals surface area contributed by atoms with Gasteiger partial charge in [0, 0.05) is 18.7 Å². The molecule has 0 unspecified atom stereocenters. The lowest BCUT2D eigenvalue weighted by Crippen LogP contribution is -2.18. The Bertz CT molecular complexity index is 591. The highest BCUT2D eigenvalue weighted by atomic mass is 32.2. The number of thioether (sulfide) groups is 1. The van der Waals surface area contributed by atoms with Crippen molar-refractivity contribution >= 4 is 34.7 Å². The molecule has 0 radical (unpaired) electrons. The quantitative estimate of drug-likeness (QED) is 0.299. The van der Waals surface area contributed by atoms with Crippen LogP contribution in [0.4, 0.5) is 17.1 Å². The molecule has 8 heteroatoms. The normalized spacial score (nSPS) is 15.0. The number of carbonyl (C=O) groups excluding carboxylic acids is 1. The van der Waals surface area contributed by atoms with Crippen molar-refractivity contribution in [1.82, 2.24) is 0 Å². The van der Waals surface area contributed by atoms with Gasteiger partial charge in [-0.3, -0.25) is 14.9 Å². The number of nitro benzene ring substituents is 1. The molecule has 7 nitrogen and oxygen atoms in total. The van der Waals surface area contributed by atoms with Gasteiger partial charge in [-0.25, -0.2) is 0 Å². The number of nitrogens with one attached hydrogen (secondary N) is 1. The van der Waals surface area contributed by atoms with Crippen molar-refractivity contribution in [3.05, 3.63) is 28.3 Å². The fourth-order valence-electron chi connectivity index (χ4n) is 2.76. The third-order valence-electron chi connectivity index (χ3n) is 4.09. The largest absolute Gasteiger partial charge is 0.397 e. The van der Waals surface area contributed by atoms with Gasteiger partial charge in [0.15, 0.2) is 0 Å². The van der Waals surface area contributed by atoms with Crippen molar-refractivity contribution in [2.75, 3.05) is 29.2 Å².